The summed E-state index contributed by atoms with van der Waals surface area (Å²) in [5.41, 5.74) is -0.0955. The van der Waals surface area contributed by atoms with E-state index >= 15 is 0 Å². The number of fused-ring (bicyclic) bond motifs is 1. The SMILES string of the molecule is C=C1CC[C@@H](CC(=O)OC)[C@@](c2ccc3c(c2)OCO3)([N+](=O)[O-])C1. The number of ether oxygens (including phenoxy) is 3. The van der Waals surface area contributed by atoms with Gasteiger partial charge in [0.15, 0.2) is 11.5 Å². The third kappa shape index (κ3) is 2.60. The quantitative estimate of drug-likeness (QED) is 0.364. The van der Waals surface area contributed by atoms with Crippen molar-refractivity contribution in [3.63, 3.8) is 0 Å². The maximum absolute atomic E-state index is 12.1. The second-order valence-electron chi connectivity index (χ2n) is 6.19. The van der Waals surface area contributed by atoms with Gasteiger partial charge in [-0.2, -0.15) is 0 Å². The van der Waals surface area contributed by atoms with Gasteiger partial charge >= 0.3 is 5.97 Å². The molecule has 2 atom stereocenters. The van der Waals surface area contributed by atoms with Crippen molar-refractivity contribution < 1.29 is 23.9 Å². The molecule has 1 aliphatic heterocycles. The first-order valence-electron chi connectivity index (χ1n) is 7.75. The monoisotopic (exact) mass is 333 g/mol. The van der Waals surface area contributed by atoms with Gasteiger partial charge in [0, 0.05) is 22.8 Å². The smallest absolute Gasteiger partial charge is 0.306 e. The fraction of sp³-hybridized carbons (Fsp3) is 0.471. The second-order valence-corrected chi connectivity index (χ2v) is 6.19. The molecule has 2 aliphatic rings. The zero-order chi connectivity index (χ0) is 17.3. The summed E-state index contributed by atoms with van der Waals surface area (Å²) in [5, 5.41) is 12.1. The number of esters is 1. The van der Waals surface area contributed by atoms with E-state index in [-0.39, 0.29) is 24.6 Å². The van der Waals surface area contributed by atoms with E-state index in [1.165, 1.54) is 7.11 Å². The minimum atomic E-state index is -1.41. The molecule has 0 amide bonds. The molecule has 0 aromatic heterocycles. The first kappa shape index (κ1) is 16.3. The van der Waals surface area contributed by atoms with Crippen molar-refractivity contribution >= 4 is 5.97 Å². The van der Waals surface area contributed by atoms with Crippen LogP contribution >= 0.6 is 0 Å². The van der Waals surface area contributed by atoms with Gasteiger partial charge in [0.05, 0.1) is 13.5 Å². The molecular weight excluding hydrogens is 314 g/mol. The van der Waals surface area contributed by atoms with Gasteiger partial charge < -0.3 is 14.2 Å². The molecule has 7 nitrogen and oxygen atoms in total. The van der Waals surface area contributed by atoms with Crippen molar-refractivity contribution in [1.82, 2.24) is 0 Å². The summed E-state index contributed by atoms with van der Waals surface area (Å²) in [4.78, 5) is 23.6. The van der Waals surface area contributed by atoms with E-state index in [4.69, 9.17) is 14.2 Å². The lowest BCUT2D eigenvalue weighted by Crippen LogP contribution is -2.46. The molecule has 1 aromatic rings. The minimum absolute atomic E-state index is 0.000792. The van der Waals surface area contributed by atoms with Crippen LogP contribution in [0.1, 0.15) is 31.2 Å². The van der Waals surface area contributed by atoms with Crippen molar-refractivity contribution in [2.75, 3.05) is 13.9 Å². The minimum Gasteiger partial charge on any atom is -0.469 e. The number of hydrogen-bond acceptors (Lipinski definition) is 6. The van der Waals surface area contributed by atoms with Crippen molar-refractivity contribution in [3.8, 4) is 11.5 Å². The van der Waals surface area contributed by atoms with E-state index < -0.39 is 17.4 Å². The highest BCUT2D eigenvalue weighted by Gasteiger charge is 2.55. The molecule has 3 rings (SSSR count). The van der Waals surface area contributed by atoms with Gasteiger partial charge in [-0.1, -0.05) is 12.2 Å². The molecule has 0 bridgehead atoms. The maximum Gasteiger partial charge on any atom is 0.306 e. The van der Waals surface area contributed by atoms with Crippen molar-refractivity contribution in [2.24, 2.45) is 5.92 Å². The number of rotatable bonds is 4. The predicted molar refractivity (Wildman–Crippen MR) is 84.4 cm³/mol. The molecule has 7 heteroatoms. The Balaban J connectivity index is 2.07. The van der Waals surface area contributed by atoms with Crippen molar-refractivity contribution in [3.05, 3.63) is 46.0 Å². The van der Waals surface area contributed by atoms with Crippen LogP contribution in [0.25, 0.3) is 0 Å². The summed E-state index contributed by atoms with van der Waals surface area (Å²) in [6.07, 6.45) is 1.38. The lowest BCUT2D eigenvalue weighted by Gasteiger charge is -2.37. The molecule has 0 unspecified atom stereocenters. The van der Waals surface area contributed by atoms with Crippen LogP contribution < -0.4 is 9.47 Å². The fourth-order valence-electron chi connectivity index (χ4n) is 3.61. The fourth-order valence-corrected chi connectivity index (χ4v) is 3.61. The van der Waals surface area contributed by atoms with E-state index in [9.17, 15) is 14.9 Å². The van der Waals surface area contributed by atoms with Gasteiger partial charge in [-0.25, -0.2) is 0 Å². The average Bonchev–Trinajstić information content (AvgIpc) is 3.03. The van der Waals surface area contributed by atoms with Crippen LogP contribution in [-0.4, -0.2) is 24.8 Å². The van der Waals surface area contributed by atoms with E-state index in [2.05, 4.69) is 6.58 Å². The number of nitro groups is 1. The third-order valence-corrected chi connectivity index (χ3v) is 4.88. The molecule has 0 N–H and O–H groups in total. The summed E-state index contributed by atoms with van der Waals surface area (Å²) in [7, 11) is 1.29. The Bertz CT molecular complexity index is 700. The predicted octanol–water partition coefficient (Wildman–Crippen LogP) is 2.81. The van der Waals surface area contributed by atoms with Crippen molar-refractivity contribution in [2.45, 2.75) is 31.2 Å². The van der Waals surface area contributed by atoms with E-state index in [1.54, 1.807) is 18.2 Å². The topological polar surface area (TPSA) is 87.9 Å². The van der Waals surface area contributed by atoms with Crippen molar-refractivity contribution in [1.29, 1.82) is 0 Å². The van der Waals surface area contributed by atoms with E-state index in [0.29, 0.717) is 29.9 Å². The standard InChI is InChI=1S/C17H19NO6/c1-11-3-4-13(8-16(19)22-2)17(9-11,18(20)21)12-5-6-14-15(7-12)24-10-23-14/h5-7,13H,1,3-4,8-10H2,2H3/t13-,17+/m0/s1. The Hall–Kier alpha value is -2.57. The summed E-state index contributed by atoms with van der Waals surface area (Å²) in [6, 6.07) is 5.00. The Morgan fingerprint density at radius 1 is 1.46 bits per heavy atom. The Kier molecular flexibility index (Phi) is 4.17. The molecule has 24 heavy (non-hydrogen) atoms. The summed E-state index contributed by atoms with van der Waals surface area (Å²) < 4.78 is 15.4. The zero-order valence-corrected chi connectivity index (χ0v) is 13.4. The first-order chi connectivity index (χ1) is 11.5. The van der Waals surface area contributed by atoms with Crippen LogP contribution in [-0.2, 0) is 15.1 Å². The highest BCUT2D eigenvalue weighted by molar-refractivity contribution is 5.69. The Morgan fingerprint density at radius 3 is 2.92 bits per heavy atom. The highest BCUT2D eigenvalue weighted by atomic mass is 16.7. The number of nitrogens with zero attached hydrogens (tertiary/aromatic N) is 1. The Labute approximate surface area is 139 Å². The average molecular weight is 333 g/mol. The van der Waals surface area contributed by atoms with Gasteiger partial charge in [0.2, 0.25) is 6.79 Å². The number of carbonyl (C=O) groups excluding carboxylic acids is 1. The lowest BCUT2D eigenvalue weighted by molar-refractivity contribution is -0.593. The van der Waals surface area contributed by atoms with E-state index in [1.807, 2.05) is 0 Å². The highest BCUT2D eigenvalue weighted by Crippen LogP contribution is 2.49. The molecule has 1 aliphatic carbocycles. The molecule has 0 spiro atoms. The second kappa shape index (κ2) is 6.14. The van der Waals surface area contributed by atoms with Gasteiger partial charge in [-0.05, 0) is 31.0 Å². The summed E-state index contributed by atoms with van der Waals surface area (Å²) in [5.74, 6) is 0.142. The Morgan fingerprint density at radius 2 is 2.21 bits per heavy atom. The van der Waals surface area contributed by atoms with Crippen LogP contribution in [0.4, 0.5) is 0 Å². The van der Waals surface area contributed by atoms with Gasteiger partial charge in [0.1, 0.15) is 0 Å². The zero-order valence-electron chi connectivity index (χ0n) is 13.4. The third-order valence-electron chi connectivity index (χ3n) is 4.88. The van der Waals surface area contributed by atoms with Gasteiger partial charge in [-0.3, -0.25) is 14.9 Å². The normalized spacial score (nSPS) is 25.4. The molecule has 0 saturated heterocycles. The lowest BCUT2D eigenvalue weighted by atomic mass is 9.66. The maximum atomic E-state index is 12.1. The molecular formula is C17H19NO6. The number of benzene rings is 1. The molecule has 128 valence electrons. The number of methoxy groups -OCH3 is 1. The number of hydrogen-bond donors (Lipinski definition) is 0. The molecule has 1 aromatic carbocycles. The summed E-state index contributed by atoms with van der Waals surface area (Å²) in [6.45, 7) is 4.05. The number of carbonyl (C=O) groups is 1. The van der Waals surface area contributed by atoms with Crippen LogP contribution in [0.2, 0.25) is 0 Å². The van der Waals surface area contributed by atoms with Crippen LogP contribution in [0.15, 0.2) is 30.4 Å². The first-order valence-corrected chi connectivity index (χ1v) is 7.75. The van der Waals surface area contributed by atoms with Crippen LogP contribution in [0.3, 0.4) is 0 Å². The molecule has 1 fully saturated rings. The largest absolute Gasteiger partial charge is 0.469 e. The summed E-state index contributed by atoms with van der Waals surface area (Å²) >= 11 is 0. The van der Waals surface area contributed by atoms with Crippen LogP contribution in [0, 0.1) is 16.0 Å². The molecule has 1 heterocycles. The van der Waals surface area contributed by atoms with Gasteiger partial charge in [0.25, 0.3) is 5.54 Å². The molecule has 0 radical (unpaired) electrons. The van der Waals surface area contributed by atoms with E-state index in [0.717, 1.165) is 5.57 Å². The van der Waals surface area contributed by atoms with Gasteiger partial charge in [-0.15, -0.1) is 0 Å². The van der Waals surface area contributed by atoms with Crippen LogP contribution in [0.5, 0.6) is 11.5 Å². The molecule has 1 saturated carbocycles.